The van der Waals surface area contributed by atoms with Crippen LogP contribution in [0.25, 0.3) is 10.8 Å². The number of fused-ring (bicyclic) bond motifs is 3. The largest absolute Gasteiger partial charge is 0.465 e. The van der Waals surface area contributed by atoms with Crippen LogP contribution < -0.4 is 5.48 Å². The van der Waals surface area contributed by atoms with Crippen molar-refractivity contribution in [1.82, 2.24) is 20.2 Å². The molecule has 2 fully saturated rings. The van der Waals surface area contributed by atoms with Crippen LogP contribution in [0.1, 0.15) is 24.0 Å². The molecule has 2 aromatic carbocycles. The van der Waals surface area contributed by atoms with Gasteiger partial charge < -0.3 is 14.9 Å². The van der Waals surface area contributed by atoms with Gasteiger partial charge in [0, 0.05) is 32.2 Å². The van der Waals surface area contributed by atoms with Crippen LogP contribution in [-0.2, 0) is 22.7 Å². The second kappa shape index (κ2) is 8.31. The van der Waals surface area contributed by atoms with Crippen molar-refractivity contribution in [1.29, 1.82) is 0 Å². The summed E-state index contributed by atoms with van der Waals surface area (Å²) in [7, 11) is 1.80. The number of benzene rings is 2. The van der Waals surface area contributed by atoms with E-state index < -0.39 is 24.0 Å². The minimum atomic E-state index is -0.961. The highest BCUT2D eigenvalue weighted by molar-refractivity contribution is 5.92. The van der Waals surface area contributed by atoms with E-state index in [2.05, 4.69) is 24.3 Å². The van der Waals surface area contributed by atoms with Crippen molar-refractivity contribution in [2.45, 2.75) is 38.0 Å². The Bertz CT molecular complexity index is 1120. The summed E-state index contributed by atoms with van der Waals surface area (Å²) in [6, 6.07) is 11.3. The Morgan fingerprint density at radius 1 is 1.09 bits per heavy atom. The number of likely N-dealkylation sites (N-methyl/N-ethyl adjacent to an activating group) is 1. The zero-order valence-electron chi connectivity index (χ0n) is 18.5. The molecule has 0 saturated carbocycles. The fourth-order valence-corrected chi connectivity index (χ4v) is 5.94. The zero-order valence-corrected chi connectivity index (χ0v) is 18.5. The third kappa shape index (κ3) is 3.61. The Morgan fingerprint density at radius 2 is 1.88 bits per heavy atom. The van der Waals surface area contributed by atoms with Crippen molar-refractivity contribution >= 4 is 28.7 Å². The predicted octanol–water partition coefficient (Wildman–Crippen LogP) is 1.88. The molecule has 0 bridgehead atoms. The van der Waals surface area contributed by atoms with Crippen molar-refractivity contribution in [2.75, 3.05) is 20.1 Å². The molecule has 174 valence electrons. The SMILES string of the molecule is CN1C[C@@H](C2CCN2C(=O)O)C[C@H](C(=O)NO)[C@H]1C(=O)N1Cc2ccc3ccccc3c2C1. The fourth-order valence-electron chi connectivity index (χ4n) is 5.94. The highest BCUT2D eigenvalue weighted by atomic mass is 16.5. The number of piperidine rings is 1. The summed E-state index contributed by atoms with van der Waals surface area (Å²) in [4.78, 5) is 42.8. The van der Waals surface area contributed by atoms with Crippen LogP contribution in [0, 0.1) is 11.8 Å². The summed E-state index contributed by atoms with van der Waals surface area (Å²) < 4.78 is 0. The number of carbonyl (C=O) groups is 3. The number of hydroxylamine groups is 1. The van der Waals surface area contributed by atoms with Gasteiger partial charge in [0.25, 0.3) is 0 Å². The smallest absolute Gasteiger partial charge is 0.407 e. The second-order valence-electron chi connectivity index (χ2n) is 9.41. The first-order chi connectivity index (χ1) is 15.9. The second-order valence-corrected chi connectivity index (χ2v) is 9.41. The van der Waals surface area contributed by atoms with E-state index in [1.807, 2.05) is 17.0 Å². The van der Waals surface area contributed by atoms with Gasteiger partial charge in [-0.1, -0.05) is 36.4 Å². The number of hydrogen-bond donors (Lipinski definition) is 3. The van der Waals surface area contributed by atoms with Gasteiger partial charge in [0.05, 0.1) is 5.92 Å². The van der Waals surface area contributed by atoms with Crippen LogP contribution in [0.4, 0.5) is 4.79 Å². The molecule has 9 nitrogen and oxygen atoms in total. The maximum absolute atomic E-state index is 13.7. The van der Waals surface area contributed by atoms with E-state index in [1.54, 1.807) is 17.4 Å². The van der Waals surface area contributed by atoms with E-state index in [1.165, 1.54) is 4.90 Å². The first kappa shape index (κ1) is 21.7. The van der Waals surface area contributed by atoms with E-state index in [0.29, 0.717) is 32.6 Å². The van der Waals surface area contributed by atoms with E-state index >= 15 is 0 Å². The Labute approximate surface area is 191 Å². The average molecular weight is 453 g/mol. The molecule has 5 rings (SSSR count). The third-order valence-corrected chi connectivity index (χ3v) is 7.65. The molecule has 3 heterocycles. The zero-order chi connectivity index (χ0) is 23.3. The summed E-state index contributed by atoms with van der Waals surface area (Å²) in [5, 5.41) is 21.0. The lowest BCUT2D eigenvalue weighted by Crippen LogP contribution is -2.63. The Morgan fingerprint density at radius 3 is 2.58 bits per heavy atom. The number of amides is 3. The normalized spacial score (nSPS) is 27.2. The molecule has 3 aliphatic heterocycles. The molecule has 2 saturated heterocycles. The molecule has 0 aromatic heterocycles. The number of hydrogen-bond acceptors (Lipinski definition) is 5. The van der Waals surface area contributed by atoms with Gasteiger partial charge in [0.2, 0.25) is 11.8 Å². The quantitative estimate of drug-likeness (QED) is 0.484. The lowest BCUT2D eigenvalue weighted by Gasteiger charge is -2.50. The first-order valence-electron chi connectivity index (χ1n) is 11.3. The van der Waals surface area contributed by atoms with Gasteiger partial charge in [-0.05, 0) is 47.7 Å². The maximum Gasteiger partial charge on any atom is 0.407 e. The van der Waals surface area contributed by atoms with Crippen LogP contribution >= 0.6 is 0 Å². The van der Waals surface area contributed by atoms with Crippen molar-refractivity contribution in [3.05, 3.63) is 47.5 Å². The minimum Gasteiger partial charge on any atom is -0.465 e. The number of nitrogens with one attached hydrogen (secondary N) is 1. The van der Waals surface area contributed by atoms with Gasteiger partial charge in [-0.2, -0.15) is 0 Å². The van der Waals surface area contributed by atoms with E-state index in [9.17, 15) is 24.7 Å². The Kier molecular flexibility index (Phi) is 5.46. The summed E-state index contributed by atoms with van der Waals surface area (Å²) >= 11 is 0. The number of likely N-dealkylation sites (tertiary alicyclic amines) is 2. The van der Waals surface area contributed by atoms with Gasteiger partial charge >= 0.3 is 6.09 Å². The molecule has 33 heavy (non-hydrogen) atoms. The minimum absolute atomic E-state index is 0.0779. The summed E-state index contributed by atoms with van der Waals surface area (Å²) in [5.41, 5.74) is 3.97. The summed E-state index contributed by atoms with van der Waals surface area (Å²) in [5.74, 6) is -1.59. The lowest BCUT2D eigenvalue weighted by molar-refractivity contribution is -0.152. The van der Waals surface area contributed by atoms with Crippen molar-refractivity contribution in [3.8, 4) is 0 Å². The first-order valence-corrected chi connectivity index (χ1v) is 11.3. The fraction of sp³-hybridized carbons (Fsp3) is 0.458. The molecule has 3 aliphatic rings. The van der Waals surface area contributed by atoms with Gasteiger partial charge in [-0.3, -0.25) is 19.7 Å². The van der Waals surface area contributed by atoms with Crippen LogP contribution in [-0.4, -0.2) is 75.1 Å². The number of carbonyl (C=O) groups excluding carboxylic acids is 2. The number of nitrogens with zero attached hydrogens (tertiary/aromatic N) is 3. The predicted molar refractivity (Wildman–Crippen MR) is 119 cm³/mol. The Hall–Kier alpha value is -3.17. The van der Waals surface area contributed by atoms with Crippen LogP contribution in [0.3, 0.4) is 0 Å². The topological polar surface area (TPSA) is 113 Å². The van der Waals surface area contributed by atoms with Crippen molar-refractivity contribution < 1.29 is 24.7 Å². The summed E-state index contributed by atoms with van der Waals surface area (Å²) in [6.45, 7) is 1.96. The molecule has 0 aliphatic carbocycles. The van der Waals surface area contributed by atoms with Crippen LogP contribution in [0.5, 0.6) is 0 Å². The van der Waals surface area contributed by atoms with E-state index in [4.69, 9.17) is 0 Å². The van der Waals surface area contributed by atoms with Gasteiger partial charge in [0.1, 0.15) is 6.04 Å². The van der Waals surface area contributed by atoms with E-state index in [0.717, 1.165) is 28.3 Å². The van der Waals surface area contributed by atoms with Crippen LogP contribution in [0.2, 0.25) is 0 Å². The molecule has 9 heteroatoms. The molecule has 4 atom stereocenters. The number of rotatable bonds is 3. The highest BCUT2D eigenvalue weighted by Gasteiger charge is 2.49. The standard InChI is InChI=1S/C24H28N4O5/c1-26-11-16(20-8-9-28(20)24(31)32)10-18(22(29)25-33)21(26)23(30)27-12-15-7-6-14-4-2-3-5-17(14)19(15)13-27/h2-7,16,18,20-21,33H,8-13H2,1H3,(H,25,29)(H,31,32)/t16-,18-,20?,21-/m0/s1. The maximum atomic E-state index is 13.7. The molecule has 2 aromatic rings. The van der Waals surface area contributed by atoms with Crippen molar-refractivity contribution in [2.24, 2.45) is 11.8 Å². The average Bonchev–Trinajstić information content (AvgIpc) is 3.21. The third-order valence-electron chi connectivity index (χ3n) is 7.65. The highest BCUT2D eigenvalue weighted by Crippen LogP contribution is 2.38. The lowest BCUT2D eigenvalue weighted by atomic mass is 9.76. The Balaban J connectivity index is 1.38. The van der Waals surface area contributed by atoms with Gasteiger partial charge in [-0.15, -0.1) is 0 Å². The monoisotopic (exact) mass is 452 g/mol. The van der Waals surface area contributed by atoms with Gasteiger partial charge in [-0.25, -0.2) is 10.3 Å². The molecule has 0 radical (unpaired) electrons. The molecule has 3 N–H and O–H groups in total. The molecule has 0 spiro atoms. The molecule has 3 amide bonds. The molecular weight excluding hydrogens is 424 g/mol. The molecular formula is C24H28N4O5. The molecule has 1 unspecified atom stereocenters. The van der Waals surface area contributed by atoms with Gasteiger partial charge in [0.15, 0.2) is 0 Å². The van der Waals surface area contributed by atoms with Crippen LogP contribution in [0.15, 0.2) is 36.4 Å². The van der Waals surface area contributed by atoms with E-state index in [-0.39, 0.29) is 17.9 Å². The van der Waals surface area contributed by atoms with Crippen molar-refractivity contribution in [3.63, 3.8) is 0 Å². The summed E-state index contributed by atoms with van der Waals surface area (Å²) in [6.07, 6.45) is 0.133. The number of carboxylic acid groups (broad SMARTS) is 1.